The zero-order valence-corrected chi connectivity index (χ0v) is 9.00. The van der Waals surface area contributed by atoms with Crippen molar-refractivity contribution in [2.75, 3.05) is 4.72 Å². The minimum Gasteiger partial charge on any atom is -0.246 e. The Morgan fingerprint density at radius 2 is 2.23 bits per heavy atom. The molecule has 0 radical (unpaired) electrons. The molecule has 0 amide bonds. The van der Waals surface area contributed by atoms with Crippen LogP contribution in [0.25, 0.3) is 0 Å². The van der Waals surface area contributed by atoms with Gasteiger partial charge in [-0.1, -0.05) is 6.92 Å². The van der Waals surface area contributed by atoms with Crippen LogP contribution in [0.4, 0.5) is 5.13 Å². The molecule has 74 valence electrons. The van der Waals surface area contributed by atoms with Gasteiger partial charge in [0.25, 0.3) is 10.2 Å². The van der Waals surface area contributed by atoms with Crippen LogP contribution in [0.1, 0.15) is 17.5 Å². The van der Waals surface area contributed by atoms with Crippen LogP contribution in [-0.4, -0.2) is 13.4 Å². The van der Waals surface area contributed by atoms with Crippen molar-refractivity contribution in [3.05, 3.63) is 10.6 Å². The molecule has 0 atom stereocenters. The standard InChI is InChI=1S/C6H11N3O2S2/c1-3-5-4(2)12-6(8-5)9-13(7,10)11/h3H2,1-2H3,(H,8,9)(H2,7,10,11). The molecule has 0 aliphatic heterocycles. The first kappa shape index (κ1) is 10.4. The molecule has 13 heavy (non-hydrogen) atoms. The summed E-state index contributed by atoms with van der Waals surface area (Å²) in [7, 11) is -3.69. The molecule has 1 aromatic rings. The molecule has 0 saturated heterocycles. The number of anilines is 1. The summed E-state index contributed by atoms with van der Waals surface area (Å²) >= 11 is 1.28. The lowest BCUT2D eigenvalue weighted by atomic mass is 10.3. The molecule has 0 spiro atoms. The Kier molecular flexibility index (Phi) is 2.89. The Bertz CT molecular complexity index is 396. The van der Waals surface area contributed by atoms with Crippen molar-refractivity contribution >= 4 is 26.7 Å². The molecule has 5 nitrogen and oxygen atoms in total. The summed E-state index contributed by atoms with van der Waals surface area (Å²) in [6.07, 6.45) is 0.786. The highest BCUT2D eigenvalue weighted by Crippen LogP contribution is 2.22. The van der Waals surface area contributed by atoms with E-state index in [-0.39, 0.29) is 0 Å². The molecular weight excluding hydrogens is 210 g/mol. The Balaban J connectivity index is 2.92. The van der Waals surface area contributed by atoms with Gasteiger partial charge in [0.2, 0.25) is 0 Å². The number of thiazole rings is 1. The van der Waals surface area contributed by atoms with Crippen LogP contribution >= 0.6 is 11.3 Å². The Morgan fingerprint density at radius 3 is 2.62 bits per heavy atom. The summed E-state index contributed by atoms with van der Waals surface area (Å²) in [5, 5.41) is 5.13. The number of hydrogen-bond acceptors (Lipinski definition) is 4. The fourth-order valence-electron chi connectivity index (χ4n) is 0.921. The van der Waals surface area contributed by atoms with E-state index >= 15 is 0 Å². The van der Waals surface area contributed by atoms with Gasteiger partial charge in [0.1, 0.15) is 0 Å². The quantitative estimate of drug-likeness (QED) is 0.785. The maximum atomic E-state index is 10.6. The average molecular weight is 221 g/mol. The van der Waals surface area contributed by atoms with Crippen molar-refractivity contribution in [2.45, 2.75) is 20.3 Å². The van der Waals surface area contributed by atoms with Crippen LogP contribution in [-0.2, 0) is 16.6 Å². The van der Waals surface area contributed by atoms with Crippen molar-refractivity contribution in [3.63, 3.8) is 0 Å². The molecule has 0 saturated carbocycles. The molecular formula is C6H11N3O2S2. The zero-order valence-electron chi connectivity index (χ0n) is 7.36. The van der Waals surface area contributed by atoms with E-state index in [0.29, 0.717) is 5.13 Å². The maximum Gasteiger partial charge on any atom is 0.298 e. The van der Waals surface area contributed by atoms with Crippen LogP contribution in [0.5, 0.6) is 0 Å². The summed E-state index contributed by atoms with van der Waals surface area (Å²) in [6, 6.07) is 0. The van der Waals surface area contributed by atoms with Crippen LogP contribution in [0, 0.1) is 6.92 Å². The minimum atomic E-state index is -3.69. The number of aryl methyl sites for hydroxylation is 2. The molecule has 7 heteroatoms. The molecule has 0 unspecified atom stereocenters. The number of hydrogen-bond donors (Lipinski definition) is 2. The van der Waals surface area contributed by atoms with Gasteiger partial charge in [-0.3, -0.25) is 0 Å². The number of nitrogens with two attached hydrogens (primary N) is 1. The highest BCUT2D eigenvalue weighted by atomic mass is 32.2. The van der Waals surface area contributed by atoms with E-state index in [2.05, 4.69) is 9.71 Å². The molecule has 1 rings (SSSR count). The lowest BCUT2D eigenvalue weighted by molar-refractivity contribution is 0.603. The molecule has 3 N–H and O–H groups in total. The van der Waals surface area contributed by atoms with Crippen molar-refractivity contribution in [1.82, 2.24) is 4.98 Å². The van der Waals surface area contributed by atoms with Gasteiger partial charge in [0, 0.05) is 4.88 Å². The largest absolute Gasteiger partial charge is 0.298 e. The second-order valence-electron chi connectivity index (χ2n) is 2.52. The molecule has 0 aliphatic carbocycles. The first-order valence-corrected chi connectivity index (χ1v) is 6.05. The summed E-state index contributed by atoms with van der Waals surface area (Å²) < 4.78 is 23.4. The first-order valence-electron chi connectivity index (χ1n) is 3.69. The Morgan fingerprint density at radius 1 is 1.62 bits per heavy atom. The second kappa shape index (κ2) is 3.60. The van der Waals surface area contributed by atoms with Gasteiger partial charge >= 0.3 is 0 Å². The maximum absolute atomic E-state index is 10.6. The smallest absolute Gasteiger partial charge is 0.246 e. The van der Waals surface area contributed by atoms with E-state index < -0.39 is 10.2 Å². The highest BCUT2D eigenvalue weighted by molar-refractivity contribution is 7.90. The van der Waals surface area contributed by atoms with E-state index in [0.717, 1.165) is 17.0 Å². The number of nitrogens with one attached hydrogen (secondary N) is 1. The minimum absolute atomic E-state index is 0.330. The molecule has 1 heterocycles. The van der Waals surface area contributed by atoms with Gasteiger partial charge in [-0.2, -0.15) is 8.42 Å². The average Bonchev–Trinajstić information content (AvgIpc) is 2.26. The molecule has 0 bridgehead atoms. The van der Waals surface area contributed by atoms with E-state index in [4.69, 9.17) is 5.14 Å². The fraction of sp³-hybridized carbons (Fsp3) is 0.500. The predicted octanol–water partition coefficient (Wildman–Crippen LogP) is 0.629. The van der Waals surface area contributed by atoms with Crippen LogP contribution in [0.2, 0.25) is 0 Å². The fourth-order valence-corrected chi connectivity index (χ4v) is 2.48. The van der Waals surface area contributed by atoms with E-state index in [1.807, 2.05) is 13.8 Å². The Hall–Kier alpha value is -0.660. The third kappa shape index (κ3) is 2.94. The van der Waals surface area contributed by atoms with Gasteiger partial charge in [-0.25, -0.2) is 14.8 Å². The molecule has 0 aromatic carbocycles. The van der Waals surface area contributed by atoms with E-state index in [9.17, 15) is 8.42 Å². The second-order valence-corrected chi connectivity index (χ2v) is 5.02. The van der Waals surface area contributed by atoms with Crippen LogP contribution < -0.4 is 9.86 Å². The van der Waals surface area contributed by atoms with Gasteiger partial charge in [0.05, 0.1) is 5.69 Å². The topological polar surface area (TPSA) is 85.1 Å². The van der Waals surface area contributed by atoms with Gasteiger partial charge < -0.3 is 0 Å². The molecule has 1 aromatic heterocycles. The van der Waals surface area contributed by atoms with Gasteiger partial charge in [-0.05, 0) is 13.3 Å². The normalized spacial score (nSPS) is 11.6. The lowest BCUT2D eigenvalue weighted by Gasteiger charge is -1.95. The van der Waals surface area contributed by atoms with Gasteiger partial charge in [-0.15, -0.1) is 11.3 Å². The monoisotopic (exact) mass is 221 g/mol. The number of rotatable bonds is 3. The number of aromatic nitrogens is 1. The summed E-state index contributed by atoms with van der Waals surface area (Å²) in [5.41, 5.74) is 0.899. The molecule has 0 fully saturated rings. The van der Waals surface area contributed by atoms with Crippen LogP contribution in [0.3, 0.4) is 0 Å². The lowest BCUT2D eigenvalue weighted by Crippen LogP contribution is -2.21. The highest BCUT2D eigenvalue weighted by Gasteiger charge is 2.09. The van der Waals surface area contributed by atoms with Crippen molar-refractivity contribution in [1.29, 1.82) is 0 Å². The van der Waals surface area contributed by atoms with Crippen molar-refractivity contribution < 1.29 is 8.42 Å². The van der Waals surface area contributed by atoms with Crippen LogP contribution in [0.15, 0.2) is 0 Å². The summed E-state index contributed by atoms with van der Waals surface area (Å²) in [4.78, 5) is 5.07. The van der Waals surface area contributed by atoms with E-state index in [1.165, 1.54) is 11.3 Å². The zero-order chi connectivity index (χ0) is 10.1. The number of nitrogens with zero attached hydrogens (tertiary/aromatic N) is 1. The molecule has 0 aliphatic rings. The summed E-state index contributed by atoms with van der Waals surface area (Å²) in [5.74, 6) is 0. The van der Waals surface area contributed by atoms with Crippen molar-refractivity contribution in [3.8, 4) is 0 Å². The SMILES string of the molecule is CCc1nc(NS(N)(=O)=O)sc1C. The predicted molar refractivity (Wildman–Crippen MR) is 53.0 cm³/mol. The van der Waals surface area contributed by atoms with E-state index in [1.54, 1.807) is 0 Å². The first-order chi connectivity index (χ1) is 5.92. The Labute approximate surface area is 81.2 Å². The third-order valence-corrected chi connectivity index (χ3v) is 2.99. The summed E-state index contributed by atoms with van der Waals surface area (Å²) in [6.45, 7) is 3.85. The third-order valence-electron chi connectivity index (χ3n) is 1.46. The van der Waals surface area contributed by atoms with Gasteiger partial charge in [0.15, 0.2) is 5.13 Å². The van der Waals surface area contributed by atoms with Crippen molar-refractivity contribution in [2.24, 2.45) is 5.14 Å².